The molecule has 0 aliphatic rings. The first kappa shape index (κ1) is 16.3. The number of hydrogen-bond acceptors (Lipinski definition) is 2. The summed E-state index contributed by atoms with van der Waals surface area (Å²) in [5, 5.41) is 0. The van der Waals surface area contributed by atoms with E-state index in [4.69, 9.17) is 0 Å². The first-order valence-electron chi connectivity index (χ1n) is 2.74. The van der Waals surface area contributed by atoms with Crippen LogP contribution in [0.2, 0.25) is 0 Å². The number of benzene rings is 1. The van der Waals surface area contributed by atoms with Crippen LogP contribution in [-0.4, -0.2) is 12.6 Å². The van der Waals surface area contributed by atoms with Gasteiger partial charge in [0.05, 0.1) is 0 Å². The summed E-state index contributed by atoms with van der Waals surface area (Å²) in [5.74, 6) is 0. The Morgan fingerprint density at radius 1 is 0.833 bits per heavy atom. The van der Waals surface area contributed by atoms with Crippen LogP contribution in [0.4, 0.5) is 0 Å². The molecule has 0 aliphatic heterocycles. The van der Waals surface area contributed by atoms with E-state index in [9.17, 15) is 9.59 Å². The van der Waals surface area contributed by atoms with Crippen molar-refractivity contribution in [1.29, 1.82) is 0 Å². The standard InChI is InChI=1S/C8H4O2.2K/c9-5-7-3-1-2-4-8(7)6-10;;/h1-4H;;/q-2;2*+1. The van der Waals surface area contributed by atoms with Crippen molar-refractivity contribution in [3.63, 3.8) is 0 Å². The van der Waals surface area contributed by atoms with Gasteiger partial charge in [-0.05, 0) is 12.6 Å². The summed E-state index contributed by atoms with van der Waals surface area (Å²) in [4.78, 5) is 20.2. The molecular formula is C8H4K2O2. The van der Waals surface area contributed by atoms with E-state index in [2.05, 4.69) is 0 Å². The van der Waals surface area contributed by atoms with Crippen molar-refractivity contribution in [1.82, 2.24) is 0 Å². The average Bonchev–Trinajstić information content (AvgIpc) is 2.04. The summed E-state index contributed by atoms with van der Waals surface area (Å²) < 4.78 is 0. The molecule has 0 radical (unpaired) electrons. The van der Waals surface area contributed by atoms with Crippen molar-refractivity contribution < 1.29 is 112 Å². The SMILES string of the molecule is O=[C-]c1ccccc1[C-]=O.[K+].[K+]. The van der Waals surface area contributed by atoms with E-state index in [1.54, 1.807) is 24.7 Å². The molecule has 0 amide bonds. The summed E-state index contributed by atoms with van der Waals surface area (Å²) in [6.45, 7) is 0. The molecule has 0 atom stereocenters. The van der Waals surface area contributed by atoms with Crippen LogP contribution >= 0.6 is 0 Å². The maximum Gasteiger partial charge on any atom is 1.00 e. The number of carbonyl (C=O) groups excluding carboxylic acids is 2. The Morgan fingerprint density at radius 2 is 1.17 bits per heavy atom. The maximum atomic E-state index is 10.1. The van der Waals surface area contributed by atoms with Gasteiger partial charge in [-0.1, -0.05) is 0 Å². The van der Waals surface area contributed by atoms with Gasteiger partial charge >= 0.3 is 103 Å². The van der Waals surface area contributed by atoms with Crippen LogP contribution in [-0.2, 0) is 9.59 Å². The van der Waals surface area contributed by atoms with Gasteiger partial charge in [-0.3, -0.25) is 11.1 Å². The minimum Gasteiger partial charge on any atom is -0.391 e. The second-order valence-corrected chi connectivity index (χ2v) is 1.75. The van der Waals surface area contributed by atoms with Gasteiger partial charge in [0.15, 0.2) is 0 Å². The second-order valence-electron chi connectivity index (χ2n) is 1.75. The minimum absolute atomic E-state index is 0. The van der Waals surface area contributed by atoms with Gasteiger partial charge in [-0.2, -0.15) is 0 Å². The summed E-state index contributed by atoms with van der Waals surface area (Å²) in [7, 11) is 0. The van der Waals surface area contributed by atoms with Crippen molar-refractivity contribution in [3.8, 4) is 0 Å². The zero-order chi connectivity index (χ0) is 7.40. The maximum absolute atomic E-state index is 10.1. The molecule has 1 aromatic rings. The van der Waals surface area contributed by atoms with Crippen molar-refractivity contribution in [2.45, 2.75) is 0 Å². The molecule has 0 fully saturated rings. The van der Waals surface area contributed by atoms with Crippen molar-refractivity contribution in [3.05, 3.63) is 35.4 Å². The largest absolute Gasteiger partial charge is 1.00 e. The molecule has 0 N–H and O–H groups in total. The smallest absolute Gasteiger partial charge is 0.391 e. The van der Waals surface area contributed by atoms with Gasteiger partial charge in [0.2, 0.25) is 0 Å². The van der Waals surface area contributed by atoms with Crippen LogP contribution in [0.5, 0.6) is 0 Å². The molecular weight excluding hydrogens is 206 g/mol. The van der Waals surface area contributed by atoms with E-state index in [1.807, 2.05) is 0 Å². The van der Waals surface area contributed by atoms with Crippen LogP contribution in [0.1, 0.15) is 11.1 Å². The second kappa shape index (κ2) is 9.39. The molecule has 0 aliphatic carbocycles. The quantitative estimate of drug-likeness (QED) is 0.361. The Bertz CT molecular complexity index is 234. The van der Waals surface area contributed by atoms with E-state index in [0.717, 1.165) is 0 Å². The van der Waals surface area contributed by atoms with E-state index < -0.39 is 0 Å². The molecule has 50 valence electrons. The van der Waals surface area contributed by atoms with Crippen molar-refractivity contribution in [2.24, 2.45) is 0 Å². The van der Waals surface area contributed by atoms with Crippen molar-refractivity contribution in [2.75, 3.05) is 0 Å². The third-order valence-corrected chi connectivity index (χ3v) is 1.15. The van der Waals surface area contributed by atoms with E-state index in [-0.39, 0.29) is 114 Å². The fraction of sp³-hybridized carbons (Fsp3) is 0. The Morgan fingerprint density at radius 3 is 1.42 bits per heavy atom. The summed E-state index contributed by atoms with van der Waals surface area (Å²) in [6, 6.07) is 6.38. The first-order valence-corrected chi connectivity index (χ1v) is 2.74. The van der Waals surface area contributed by atoms with Gasteiger partial charge in [0, 0.05) is 0 Å². The Labute approximate surface area is 156 Å². The van der Waals surface area contributed by atoms with E-state index in [1.165, 1.54) is 12.1 Å². The molecule has 0 bridgehead atoms. The number of rotatable bonds is 2. The summed E-state index contributed by atoms with van der Waals surface area (Å²) in [6.07, 6.45) is 3.27. The molecule has 0 heterocycles. The third-order valence-electron chi connectivity index (χ3n) is 1.15. The third kappa shape index (κ3) is 4.90. The fourth-order valence-corrected chi connectivity index (χ4v) is 0.661. The normalized spacial score (nSPS) is 7.33. The van der Waals surface area contributed by atoms with Gasteiger partial charge in [-0.15, -0.1) is 12.1 Å². The van der Waals surface area contributed by atoms with E-state index in [0.29, 0.717) is 0 Å². The van der Waals surface area contributed by atoms with Crippen LogP contribution in [0.15, 0.2) is 24.3 Å². The average molecular weight is 210 g/mol. The zero-order valence-corrected chi connectivity index (χ0v) is 13.4. The number of hydrogen-bond donors (Lipinski definition) is 0. The van der Waals surface area contributed by atoms with Crippen LogP contribution in [0.25, 0.3) is 0 Å². The van der Waals surface area contributed by atoms with E-state index >= 15 is 0 Å². The summed E-state index contributed by atoms with van der Waals surface area (Å²) >= 11 is 0. The molecule has 2 nitrogen and oxygen atoms in total. The van der Waals surface area contributed by atoms with Crippen molar-refractivity contribution >= 4 is 12.6 Å². The molecule has 1 rings (SSSR count). The topological polar surface area (TPSA) is 34.1 Å². The molecule has 0 spiro atoms. The Hall–Kier alpha value is 1.83. The predicted molar refractivity (Wildman–Crippen MR) is 36.0 cm³/mol. The van der Waals surface area contributed by atoms with Crippen LogP contribution in [0, 0.1) is 0 Å². The molecule has 12 heavy (non-hydrogen) atoms. The molecule has 0 aromatic heterocycles. The molecule has 0 saturated carbocycles. The monoisotopic (exact) mass is 210 g/mol. The van der Waals surface area contributed by atoms with Crippen LogP contribution < -0.4 is 103 Å². The Kier molecular flexibility index (Phi) is 12.7. The van der Waals surface area contributed by atoms with Gasteiger partial charge in [0.25, 0.3) is 0 Å². The van der Waals surface area contributed by atoms with Crippen LogP contribution in [0.3, 0.4) is 0 Å². The van der Waals surface area contributed by atoms with Gasteiger partial charge < -0.3 is 9.59 Å². The zero-order valence-electron chi connectivity index (χ0n) is 7.13. The van der Waals surface area contributed by atoms with Gasteiger partial charge in [0.1, 0.15) is 0 Å². The minimum atomic E-state index is 0. The Balaban J connectivity index is 0. The van der Waals surface area contributed by atoms with Gasteiger partial charge in [-0.25, -0.2) is 12.1 Å². The molecule has 1 aromatic carbocycles. The molecule has 0 saturated heterocycles. The first-order chi connectivity index (χ1) is 4.88. The molecule has 0 unspecified atom stereocenters. The predicted octanol–water partition coefficient (Wildman–Crippen LogP) is -5.39. The molecule has 4 heteroatoms. The summed E-state index contributed by atoms with van der Waals surface area (Å²) in [5.41, 5.74) is 0.523. The fourth-order valence-electron chi connectivity index (χ4n) is 0.661.